The van der Waals surface area contributed by atoms with E-state index in [0.29, 0.717) is 6.42 Å². The lowest BCUT2D eigenvalue weighted by atomic mass is 10.1. The van der Waals surface area contributed by atoms with Crippen LogP contribution in [0.25, 0.3) is 0 Å². The molecule has 1 aromatic rings. The molecule has 14 heavy (non-hydrogen) atoms. The molecule has 3 nitrogen and oxygen atoms in total. The van der Waals surface area contributed by atoms with Crippen LogP contribution in [-0.4, -0.2) is 24.2 Å². The summed E-state index contributed by atoms with van der Waals surface area (Å²) in [6, 6.07) is 7.35. The summed E-state index contributed by atoms with van der Waals surface area (Å²) in [5, 5.41) is 11.6. The van der Waals surface area contributed by atoms with E-state index in [-0.39, 0.29) is 0 Å². The number of aliphatic carboxylic acids is 1. The highest BCUT2D eigenvalue weighted by molar-refractivity contribution is 14.1. The summed E-state index contributed by atoms with van der Waals surface area (Å²) in [4.78, 5) is 10.8. The molecule has 0 heterocycles. The zero-order valence-corrected chi connectivity index (χ0v) is 9.98. The van der Waals surface area contributed by atoms with Gasteiger partial charge in [-0.3, -0.25) is 4.79 Å². The molecule has 0 aliphatic rings. The van der Waals surface area contributed by atoms with Crippen molar-refractivity contribution >= 4 is 28.6 Å². The highest BCUT2D eigenvalue weighted by Gasteiger charge is 2.14. The first-order valence-corrected chi connectivity index (χ1v) is 5.36. The summed E-state index contributed by atoms with van der Waals surface area (Å²) >= 11 is 2.21. The molecule has 1 rings (SSSR count). The Labute approximate surface area is 96.7 Å². The third kappa shape index (κ3) is 3.26. The molecule has 1 aromatic carbocycles. The molecular formula is C10H12INO2. The number of nitrogens with one attached hydrogen (secondary N) is 1. The molecule has 1 unspecified atom stereocenters. The SMILES string of the molecule is CNC(Cc1cccc(I)c1)C(=O)O. The van der Waals surface area contributed by atoms with Crippen LogP contribution in [0, 0.1) is 3.57 Å². The average Bonchev–Trinajstić information content (AvgIpc) is 2.14. The molecular weight excluding hydrogens is 293 g/mol. The van der Waals surface area contributed by atoms with E-state index in [1.54, 1.807) is 7.05 Å². The monoisotopic (exact) mass is 305 g/mol. The van der Waals surface area contributed by atoms with Gasteiger partial charge in [-0.1, -0.05) is 12.1 Å². The van der Waals surface area contributed by atoms with Crippen molar-refractivity contribution in [2.45, 2.75) is 12.5 Å². The second-order valence-electron chi connectivity index (χ2n) is 3.01. The van der Waals surface area contributed by atoms with Crippen LogP contribution in [0.1, 0.15) is 5.56 Å². The first-order valence-electron chi connectivity index (χ1n) is 4.28. The van der Waals surface area contributed by atoms with E-state index in [1.165, 1.54) is 0 Å². The number of benzene rings is 1. The van der Waals surface area contributed by atoms with Crippen LogP contribution in [0.15, 0.2) is 24.3 Å². The molecule has 2 N–H and O–H groups in total. The number of carboxylic acid groups (broad SMARTS) is 1. The van der Waals surface area contributed by atoms with Gasteiger partial charge in [-0.2, -0.15) is 0 Å². The number of hydrogen-bond donors (Lipinski definition) is 2. The molecule has 0 aliphatic carbocycles. The summed E-state index contributed by atoms with van der Waals surface area (Å²) in [7, 11) is 1.66. The molecule has 0 saturated heterocycles. The predicted molar refractivity (Wildman–Crippen MR) is 63.3 cm³/mol. The minimum absolute atomic E-state index is 0.506. The fraction of sp³-hybridized carbons (Fsp3) is 0.300. The van der Waals surface area contributed by atoms with E-state index in [2.05, 4.69) is 27.9 Å². The number of carboxylic acids is 1. The topological polar surface area (TPSA) is 49.3 Å². The fourth-order valence-electron chi connectivity index (χ4n) is 1.21. The van der Waals surface area contributed by atoms with Gasteiger partial charge in [0.15, 0.2) is 0 Å². The average molecular weight is 305 g/mol. The number of likely N-dealkylation sites (N-methyl/N-ethyl adjacent to an activating group) is 1. The quantitative estimate of drug-likeness (QED) is 0.829. The Morgan fingerprint density at radius 3 is 2.86 bits per heavy atom. The second kappa shape index (κ2) is 5.31. The molecule has 0 aliphatic heterocycles. The van der Waals surface area contributed by atoms with Crippen molar-refractivity contribution in [1.29, 1.82) is 0 Å². The number of carbonyl (C=O) groups is 1. The Balaban J connectivity index is 2.72. The van der Waals surface area contributed by atoms with E-state index in [4.69, 9.17) is 5.11 Å². The highest BCUT2D eigenvalue weighted by atomic mass is 127. The maximum absolute atomic E-state index is 10.8. The number of halogens is 1. The van der Waals surface area contributed by atoms with Gasteiger partial charge in [-0.05, 0) is 53.8 Å². The lowest BCUT2D eigenvalue weighted by Gasteiger charge is -2.10. The predicted octanol–water partition coefficient (Wildman–Crippen LogP) is 1.51. The van der Waals surface area contributed by atoms with Gasteiger partial charge in [0.05, 0.1) is 0 Å². The molecule has 0 aromatic heterocycles. The smallest absolute Gasteiger partial charge is 0.321 e. The Morgan fingerprint density at radius 2 is 2.36 bits per heavy atom. The van der Waals surface area contributed by atoms with Crippen molar-refractivity contribution < 1.29 is 9.90 Å². The maximum atomic E-state index is 10.8. The lowest BCUT2D eigenvalue weighted by molar-refractivity contribution is -0.139. The van der Waals surface area contributed by atoms with Crippen molar-refractivity contribution in [3.05, 3.63) is 33.4 Å². The molecule has 0 radical (unpaired) electrons. The molecule has 1 atom stereocenters. The Bertz CT molecular complexity index is 328. The van der Waals surface area contributed by atoms with Crippen LogP contribution in [0.5, 0.6) is 0 Å². The van der Waals surface area contributed by atoms with Crippen LogP contribution >= 0.6 is 22.6 Å². The van der Waals surface area contributed by atoms with Crippen LogP contribution in [0.4, 0.5) is 0 Å². The molecule has 76 valence electrons. The minimum atomic E-state index is -0.814. The first-order chi connectivity index (χ1) is 6.63. The van der Waals surface area contributed by atoms with Gasteiger partial charge in [-0.15, -0.1) is 0 Å². The van der Waals surface area contributed by atoms with Crippen molar-refractivity contribution in [2.24, 2.45) is 0 Å². The molecule has 0 fully saturated rings. The van der Waals surface area contributed by atoms with E-state index in [0.717, 1.165) is 9.13 Å². The van der Waals surface area contributed by atoms with Crippen LogP contribution < -0.4 is 5.32 Å². The lowest BCUT2D eigenvalue weighted by Crippen LogP contribution is -2.35. The molecule has 0 spiro atoms. The molecule has 4 heteroatoms. The summed E-state index contributed by atoms with van der Waals surface area (Å²) in [6.07, 6.45) is 0.517. The van der Waals surface area contributed by atoms with Crippen molar-refractivity contribution in [2.75, 3.05) is 7.05 Å². The van der Waals surface area contributed by atoms with E-state index in [1.807, 2.05) is 24.3 Å². The standard InChI is InChI=1S/C10H12INO2/c1-12-9(10(13)14)6-7-3-2-4-8(11)5-7/h2-5,9,12H,6H2,1H3,(H,13,14). The number of rotatable bonds is 4. The summed E-state index contributed by atoms with van der Waals surface area (Å²) in [5.74, 6) is -0.814. The highest BCUT2D eigenvalue weighted by Crippen LogP contribution is 2.09. The maximum Gasteiger partial charge on any atom is 0.321 e. The van der Waals surface area contributed by atoms with E-state index < -0.39 is 12.0 Å². The first kappa shape index (κ1) is 11.5. The third-order valence-electron chi connectivity index (χ3n) is 1.98. The van der Waals surface area contributed by atoms with E-state index in [9.17, 15) is 4.79 Å². The van der Waals surface area contributed by atoms with E-state index >= 15 is 0 Å². The second-order valence-corrected chi connectivity index (χ2v) is 4.26. The van der Waals surface area contributed by atoms with Crippen LogP contribution in [0.2, 0.25) is 0 Å². The van der Waals surface area contributed by atoms with Gasteiger partial charge >= 0.3 is 5.97 Å². The third-order valence-corrected chi connectivity index (χ3v) is 2.65. The molecule has 0 saturated carbocycles. The van der Waals surface area contributed by atoms with Gasteiger partial charge in [0.25, 0.3) is 0 Å². The normalized spacial score (nSPS) is 12.4. The van der Waals surface area contributed by atoms with Gasteiger partial charge in [-0.25, -0.2) is 0 Å². The summed E-state index contributed by atoms with van der Waals surface area (Å²) in [5.41, 5.74) is 1.04. The van der Waals surface area contributed by atoms with Crippen molar-refractivity contribution in [1.82, 2.24) is 5.32 Å². The zero-order valence-electron chi connectivity index (χ0n) is 7.83. The fourth-order valence-corrected chi connectivity index (χ4v) is 1.82. The number of hydrogen-bond acceptors (Lipinski definition) is 2. The molecule has 0 bridgehead atoms. The van der Waals surface area contributed by atoms with Crippen molar-refractivity contribution in [3.8, 4) is 0 Å². The minimum Gasteiger partial charge on any atom is -0.480 e. The zero-order chi connectivity index (χ0) is 10.6. The van der Waals surface area contributed by atoms with Gasteiger partial charge in [0.1, 0.15) is 6.04 Å². The Hall–Kier alpha value is -0.620. The Kier molecular flexibility index (Phi) is 4.34. The van der Waals surface area contributed by atoms with Crippen LogP contribution in [0.3, 0.4) is 0 Å². The van der Waals surface area contributed by atoms with Gasteiger partial charge in [0.2, 0.25) is 0 Å². The van der Waals surface area contributed by atoms with Gasteiger partial charge in [0, 0.05) is 3.57 Å². The molecule has 0 amide bonds. The van der Waals surface area contributed by atoms with Crippen molar-refractivity contribution in [3.63, 3.8) is 0 Å². The summed E-state index contributed by atoms with van der Waals surface area (Å²) in [6.45, 7) is 0. The Morgan fingerprint density at radius 1 is 1.64 bits per heavy atom. The van der Waals surface area contributed by atoms with Crippen LogP contribution in [-0.2, 0) is 11.2 Å². The summed E-state index contributed by atoms with van der Waals surface area (Å²) < 4.78 is 1.13. The van der Waals surface area contributed by atoms with Gasteiger partial charge < -0.3 is 10.4 Å². The largest absolute Gasteiger partial charge is 0.480 e.